The third-order valence-electron chi connectivity index (χ3n) is 5.00. The molecule has 0 aromatic carbocycles. The highest BCUT2D eigenvalue weighted by Crippen LogP contribution is 2.29. The van der Waals surface area contributed by atoms with Crippen molar-refractivity contribution in [3.63, 3.8) is 0 Å². The summed E-state index contributed by atoms with van der Waals surface area (Å²) in [5.41, 5.74) is 0. The van der Waals surface area contributed by atoms with Crippen LogP contribution in [0.5, 0.6) is 0 Å². The summed E-state index contributed by atoms with van der Waals surface area (Å²) in [5.74, 6) is 0. The lowest BCUT2D eigenvalue weighted by molar-refractivity contribution is 0.290. The fourth-order valence-electron chi connectivity index (χ4n) is 3.92. The van der Waals surface area contributed by atoms with Gasteiger partial charge in [-0.25, -0.2) is 0 Å². The first kappa shape index (κ1) is 14.8. The van der Waals surface area contributed by atoms with Gasteiger partial charge >= 0.3 is 0 Å². The van der Waals surface area contributed by atoms with Crippen molar-refractivity contribution in [3.05, 3.63) is 0 Å². The van der Waals surface area contributed by atoms with E-state index in [9.17, 15) is 8.42 Å². The molecule has 3 rings (SSSR count). The first-order chi connectivity index (χ1) is 9.69. The van der Waals surface area contributed by atoms with Crippen LogP contribution in [-0.2, 0) is 10.2 Å². The van der Waals surface area contributed by atoms with Crippen LogP contribution in [0.15, 0.2) is 0 Å². The molecule has 0 radical (unpaired) electrons. The minimum absolute atomic E-state index is 0.186. The van der Waals surface area contributed by atoms with Gasteiger partial charge in [-0.3, -0.25) is 0 Å². The molecular formula is C14H27N3O2S. The van der Waals surface area contributed by atoms with Gasteiger partial charge < -0.3 is 5.32 Å². The molecule has 3 fully saturated rings. The van der Waals surface area contributed by atoms with Crippen molar-refractivity contribution in [2.75, 3.05) is 26.2 Å². The Morgan fingerprint density at radius 3 is 2.25 bits per heavy atom. The lowest BCUT2D eigenvalue weighted by Crippen LogP contribution is -2.51. The first-order valence-corrected chi connectivity index (χ1v) is 9.59. The van der Waals surface area contributed by atoms with E-state index < -0.39 is 10.2 Å². The van der Waals surface area contributed by atoms with E-state index in [-0.39, 0.29) is 6.04 Å². The van der Waals surface area contributed by atoms with Crippen LogP contribution in [0.2, 0.25) is 0 Å². The average Bonchev–Trinajstić information content (AvgIpc) is 3.04. The molecule has 0 aliphatic carbocycles. The van der Waals surface area contributed by atoms with Crippen LogP contribution in [0.3, 0.4) is 0 Å². The number of nitrogens with one attached hydrogen (secondary N) is 1. The fraction of sp³-hybridized carbons (Fsp3) is 1.00. The quantitative estimate of drug-likeness (QED) is 0.855. The number of hydrogen-bond acceptors (Lipinski definition) is 3. The molecular weight excluding hydrogens is 274 g/mol. The lowest BCUT2D eigenvalue weighted by Gasteiger charge is -2.33. The van der Waals surface area contributed by atoms with Gasteiger partial charge in [0.25, 0.3) is 10.2 Å². The van der Waals surface area contributed by atoms with Crippen molar-refractivity contribution < 1.29 is 8.42 Å². The molecule has 6 heteroatoms. The molecule has 2 atom stereocenters. The summed E-state index contributed by atoms with van der Waals surface area (Å²) in [6, 6.07) is 0.560. The van der Waals surface area contributed by atoms with E-state index >= 15 is 0 Å². The van der Waals surface area contributed by atoms with Crippen LogP contribution in [0.25, 0.3) is 0 Å². The molecule has 0 bridgehead atoms. The Morgan fingerprint density at radius 2 is 1.60 bits per heavy atom. The second kappa shape index (κ2) is 6.30. The molecule has 1 N–H and O–H groups in total. The van der Waals surface area contributed by atoms with Crippen molar-refractivity contribution in [2.24, 2.45) is 0 Å². The molecule has 0 aromatic rings. The third kappa shape index (κ3) is 2.89. The highest BCUT2D eigenvalue weighted by Gasteiger charge is 2.42. The largest absolute Gasteiger partial charge is 0.312 e. The standard InChI is InChI=1S/C14H27N3O2S/c18-20(19,16-10-3-1-2-4-11-16)17-12-6-8-14(17)13-7-5-9-15-13/h13-15H,1-12H2. The van der Waals surface area contributed by atoms with Crippen LogP contribution in [-0.4, -0.2) is 55.3 Å². The molecule has 3 aliphatic rings. The van der Waals surface area contributed by atoms with E-state index in [1.165, 1.54) is 19.3 Å². The van der Waals surface area contributed by atoms with Crippen molar-refractivity contribution in [2.45, 2.75) is 63.5 Å². The summed E-state index contributed by atoms with van der Waals surface area (Å²) in [6.07, 6.45) is 8.69. The molecule has 2 unspecified atom stereocenters. The second-order valence-electron chi connectivity index (χ2n) is 6.34. The number of nitrogens with zero attached hydrogens (tertiary/aromatic N) is 2. The normalized spacial score (nSPS) is 34.4. The predicted molar refractivity (Wildman–Crippen MR) is 79.7 cm³/mol. The van der Waals surface area contributed by atoms with Crippen molar-refractivity contribution in [1.82, 2.24) is 13.9 Å². The molecule has 0 spiro atoms. The van der Waals surface area contributed by atoms with Gasteiger partial charge in [-0.1, -0.05) is 12.8 Å². The van der Waals surface area contributed by atoms with E-state index in [0.717, 1.165) is 38.6 Å². The highest BCUT2D eigenvalue weighted by molar-refractivity contribution is 7.86. The van der Waals surface area contributed by atoms with Crippen LogP contribution >= 0.6 is 0 Å². The highest BCUT2D eigenvalue weighted by atomic mass is 32.2. The van der Waals surface area contributed by atoms with Gasteiger partial charge in [0.15, 0.2) is 0 Å². The maximum absolute atomic E-state index is 12.9. The van der Waals surface area contributed by atoms with Crippen LogP contribution < -0.4 is 5.32 Å². The molecule has 3 heterocycles. The summed E-state index contributed by atoms with van der Waals surface area (Å²) in [7, 11) is -3.25. The van der Waals surface area contributed by atoms with Crippen molar-refractivity contribution >= 4 is 10.2 Å². The molecule has 20 heavy (non-hydrogen) atoms. The summed E-state index contributed by atoms with van der Waals surface area (Å²) < 4.78 is 29.4. The summed E-state index contributed by atoms with van der Waals surface area (Å²) in [6.45, 7) is 3.17. The maximum atomic E-state index is 12.9. The Kier molecular flexibility index (Phi) is 4.65. The van der Waals surface area contributed by atoms with E-state index in [4.69, 9.17) is 0 Å². The molecule has 5 nitrogen and oxygen atoms in total. The van der Waals surface area contributed by atoms with Gasteiger partial charge in [-0.15, -0.1) is 0 Å². The van der Waals surface area contributed by atoms with Gasteiger partial charge in [-0.2, -0.15) is 17.0 Å². The summed E-state index contributed by atoms with van der Waals surface area (Å²) >= 11 is 0. The van der Waals surface area contributed by atoms with Crippen LogP contribution in [0.1, 0.15) is 51.4 Å². The zero-order valence-electron chi connectivity index (χ0n) is 12.3. The molecule has 0 aromatic heterocycles. The lowest BCUT2D eigenvalue weighted by atomic mass is 10.1. The molecule has 0 amide bonds. The topological polar surface area (TPSA) is 52.7 Å². The Balaban J connectivity index is 1.74. The van der Waals surface area contributed by atoms with Crippen molar-refractivity contribution in [1.29, 1.82) is 0 Å². The summed E-state index contributed by atoms with van der Waals surface area (Å²) in [5, 5.41) is 3.49. The SMILES string of the molecule is O=S(=O)(N1CCCCCC1)N1CCCC1C1CCCN1. The third-order valence-corrected chi connectivity index (χ3v) is 7.06. The van der Waals surface area contributed by atoms with Crippen LogP contribution in [0, 0.1) is 0 Å². The molecule has 3 aliphatic heterocycles. The Hall–Kier alpha value is -0.170. The molecule has 3 saturated heterocycles. The maximum Gasteiger partial charge on any atom is 0.282 e. The number of hydrogen-bond donors (Lipinski definition) is 1. The van der Waals surface area contributed by atoms with E-state index in [1.807, 2.05) is 0 Å². The number of rotatable bonds is 3. The van der Waals surface area contributed by atoms with Crippen molar-refractivity contribution in [3.8, 4) is 0 Å². The van der Waals surface area contributed by atoms with Crippen LogP contribution in [0.4, 0.5) is 0 Å². The average molecular weight is 301 g/mol. The van der Waals surface area contributed by atoms with Gasteiger partial charge in [0.2, 0.25) is 0 Å². The van der Waals surface area contributed by atoms with Gasteiger partial charge in [0.05, 0.1) is 0 Å². The van der Waals surface area contributed by atoms with E-state index in [2.05, 4.69) is 5.32 Å². The summed E-state index contributed by atoms with van der Waals surface area (Å²) in [4.78, 5) is 0. The second-order valence-corrected chi connectivity index (χ2v) is 8.23. The molecule has 0 saturated carbocycles. The Labute approximate surface area is 122 Å². The zero-order chi connectivity index (χ0) is 14.0. The zero-order valence-corrected chi connectivity index (χ0v) is 13.1. The minimum atomic E-state index is -3.25. The van der Waals surface area contributed by atoms with E-state index in [1.54, 1.807) is 8.61 Å². The van der Waals surface area contributed by atoms with Gasteiger partial charge in [0.1, 0.15) is 0 Å². The van der Waals surface area contributed by atoms with Gasteiger partial charge in [0, 0.05) is 31.7 Å². The minimum Gasteiger partial charge on any atom is -0.312 e. The van der Waals surface area contributed by atoms with Gasteiger partial charge in [-0.05, 0) is 45.1 Å². The monoisotopic (exact) mass is 301 g/mol. The predicted octanol–water partition coefficient (Wildman–Crippen LogP) is 1.32. The Bertz CT molecular complexity index is 412. The smallest absolute Gasteiger partial charge is 0.282 e. The first-order valence-electron chi connectivity index (χ1n) is 8.20. The Morgan fingerprint density at radius 1 is 0.850 bits per heavy atom. The van der Waals surface area contributed by atoms with E-state index in [0.29, 0.717) is 25.7 Å². The fourth-order valence-corrected chi connectivity index (χ4v) is 5.89. The molecule has 116 valence electrons.